The Hall–Kier alpha value is -4.03. The minimum Gasteiger partial charge on any atom is -0.490 e. The molecule has 0 unspecified atom stereocenters. The number of amidine groups is 1. The molecule has 2 aromatic carbocycles. The molecule has 18 heteroatoms. The lowest BCUT2D eigenvalue weighted by Crippen LogP contribution is -2.50. The maximum atomic E-state index is 14.4. The number of aliphatic imine (C=N–C) groups is 1. The normalized spacial score (nSPS) is 19.5. The molecule has 10 nitrogen and oxygen atoms in total. The van der Waals surface area contributed by atoms with Gasteiger partial charge < -0.3 is 20.1 Å². The first-order chi connectivity index (χ1) is 24.7. The fraction of sp³-hybridized carbons (Fsp3) is 0.514. The van der Waals surface area contributed by atoms with E-state index in [0.29, 0.717) is 22.3 Å². The smallest absolute Gasteiger partial charge is 0.453 e. The number of carbonyl (C=O) groups is 2. The maximum Gasteiger partial charge on any atom is 0.453 e. The number of hydrogen-bond acceptors (Lipinski definition) is 7. The standard InChI is InChI=1S/C35H39F7N4O6S/c1-22-18-25(30(47)45-12-8-32(49,21-36)9-13-45)19-23(2)26(22)6-17-53(50,51)46-14-10-33(11-15-46)31(48)43-29(44-33)24-4-5-27(37)28(20-24)52-16-3-7-34(38,39)35(40,41)42/h4-6,17-20,49H,3,7-16,21H2,1-2H3,(H,43,44,48)/b17-6+. The molecular formula is C35H39F7N4O6S. The molecule has 2 N–H and O–H groups in total. The van der Waals surface area contributed by atoms with E-state index in [4.69, 9.17) is 4.74 Å². The highest BCUT2D eigenvalue weighted by molar-refractivity contribution is 7.92. The van der Waals surface area contributed by atoms with Crippen molar-refractivity contribution in [1.82, 2.24) is 14.5 Å². The van der Waals surface area contributed by atoms with Gasteiger partial charge in [0.2, 0.25) is 10.0 Å². The van der Waals surface area contributed by atoms with Gasteiger partial charge in [0.25, 0.3) is 11.8 Å². The highest BCUT2D eigenvalue weighted by Crippen LogP contribution is 2.39. The van der Waals surface area contributed by atoms with E-state index in [0.717, 1.165) is 17.5 Å². The number of alkyl halides is 6. The average molecular weight is 777 g/mol. The highest BCUT2D eigenvalue weighted by Gasteiger charge is 2.56. The summed E-state index contributed by atoms with van der Waals surface area (Å²) in [5.74, 6) is -7.02. The molecule has 2 aromatic rings. The van der Waals surface area contributed by atoms with Crippen LogP contribution in [0.1, 0.15) is 71.1 Å². The van der Waals surface area contributed by atoms with Crippen molar-refractivity contribution in [2.75, 3.05) is 39.5 Å². The number of ether oxygens (including phenoxy) is 1. The van der Waals surface area contributed by atoms with Crippen LogP contribution in [0, 0.1) is 19.7 Å². The van der Waals surface area contributed by atoms with E-state index in [9.17, 15) is 53.8 Å². The Labute approximate surface area is 301 Å². The number of benzene rings is 2. The fourth-order valence-corrected chi connectivity index (χ4v) is 7.70. The van der Waals surface area contributed by atoms with Gasteiger partial charge in [-0.3, -0.25) is 14.6 Å². The van der Waals surface area contributed by atoms with Crippen LogP contribution in [0.5, 0.6) is 5.75 Å². The van der Waals surface area contributed by atoms with Crippen molar-refractivity contribution < 1.29 is 58.6 Å². The number of aliphatic hydroxyl groups is 1. The number of carbonyl (C=O) groups excluding carboxylic acids is 2. The van der Waals surface area contributed by atoms with Gasteiger partial charge in [-0.05, 0) is 99.0 Å². The van der Waals surface area contributed by atoms with Gasteiger partial charge in [-0.25, -0.2) is 17.2 Å². The summed E-state index contributed by atoms with van der Waals surface area (Å²) < 4.78 is 124. The molecule has 2 amide bonds. The molecule has 2 saturated heterocycles. The number of likely N-dealkylation sites (tertiary alicyclic amines) is 1. The van der Waals surface area contributed by atoms with E-state index < -0.39 is 76.9 Å². The summed E-state index contributed by atoms with van der Waals surface area (Å²) >= 11 is 0. The van der Waals surface area contributed by atoms with Gasteiger partial charge in [-0.1, -0.05) is 0 Å². The van der Waals surface area contributed by atoms with Crippen LogP contribution in [0.3, 0.4) is 0 Å². The Morgan fingerprint density at radius 1 is 1.02 bits per heavy atom. The molecule has 0 bridgehead atoms. The lowest BCUT2D eigenvalue weighted by atomic mass is 9.89. The second kappa shape index (κ2) is 15.0. The van der Waals surface area contributed by atoms with E-state index in [1.165, 1.54) is 16.4 Å². The number of nitrogens with one attached hydrogen (secondary N) is 1. The van der Waals surface area contributed by atoms with E-state index in [1.54, 1.807) is 30.9 Å². The summed E-state index contributed by atoms with van der Waals surface area (Å²) in [7, 11) is -3.97. The first-order valence-electron chi connectivity index (χ1n) is 16.8. The lowest BCUT2D eigenvalue weighted by molar-refractivity contribution is -0.284. The third-order valence-corrected chi connectivity index (χ3v) is 11.4. The number of amides is 2. The van der Waals surface area contributed by atoms with Gasteiger partial charge in [-0.15, -0.1) is 0 Å². The number of piperidine rings is 2. The molecule has 2 fully saturated rings. The lowest BCUT2D eigenvalue weighted by Gasteiger charge is -2.36. The molecule has 290 valence electrons. The largest absolute Gasteiger partial charge is 0.490 e. The molecule has 0 saturated carbocycles. The third-order valence-electron chi connectivity index (χ3n) is 9.88. The Morgan fingerprint density at radius 2 is 1.64 bits per heavy atom. The van der Waals surface area contributed by atoms with Crippen molar-refractivity contribution >= 4 is 33.7 Å². The molecule has 53 heavy (non-hydrogen) atoms. The highest BCUT2D eigenvalue weighted by atomic mass is 32.2. The summed E-state index contributed by atoms with van der Waals surface area (Å²) in [4.78, 5) is 32.3. The van der Waals surface area contributed by atoms with E-state index >= 15 is 0 Å². The molecule has 0 atom stereocenters. The van der Waals surface area contributed by atoms with Crippen molar-refractivity contribution in [1.29, 1.82) is 0 Å². The second-order valence-electron chi connectivity index (χ2n) is 13.7. The van der Waals surface area contributed by atoms with E-state index in [-0.39, 0.29) is 69.2 Å². The Morgan fingerprint density at radius 3 is 2.23 bits per heavy atom. The number of nitrogens with zero attached hydrogens (tertiary/aromatic N) is 3. The summed E-state index contributed by atoms with van der Waals surface area (Å²) in [5, 5.41) is 13.8. The van der Waals surface area contributed by atoms with Crippen molar-refractivity contribution in [2.45, 2.75) is 75.6 Å². The number of hydrogen-bond donors (Lipinski definition) is 2. The zero-order valence-corrected chi connectivity index (χ0v) is 29.7. The molecule has 3 aliphatic rings. The molecule has 3 heterocycles. The molecule has 0 aromatic heterocycles. The van der Waals surface area contributed by atoms with Crippen molar-refractivity contribution in [2.24, 2.45) is 4.99 Å². The quantitative estimate of drug-likeness (QED) is 0.231. The molecule has 5 rings (SSSR count). The monoisotopic (exact) mass is 776 g/mol. The Kier molecular flexibility index (Phi) is 11.4. The van der Waals surface area contributed by atoms with Crippen LogP contribution in [-0.2, 0) is 14.8 Å². The predicted molar refractivity (Wildman–Crippen MR) is 180 cm³/mol. The number of sulfonamides is 1. The SMILES string of the molecule is Cc1cc(C(=O)N2CCC(O)(CF)CC2)cc(C)c1/C=C/S(=O)(=O)N1CCC2(CC1)N=C(c1ccc(F)c(OCCCC(F)(F)C(F)(F)F)c1)NC2=O. The van der Waals surface area contributed by atoms with Crippen molar-refractivity contribution in [3.05, 3.63) is 69.4 Å². The van der Waals surface area contributed by atoms with Gasteiger partial charge in [0.1, 0.15) is 18.0 Å². The van der Waals surface area contributed by atoms with Crippen molar-refractivity contribution in [3.63, 3.8) is 0 Å². The summed E-state index contributed by atoms with van der Waals surface area (Å²) in [6.45, 7) is 2.26. The molecule has 0 radical (unpaired) electrons. The van der Waals surface area contributed by atoms with Crippen LogP contribution in [-0.4, -0.2) is 103 Å². The van der Waals surface area contributed by atoms with Crippen molar-refractivity contribution in [3.8, 4) is 5.75 Å². The second-order valence-corrected chi connectivity index (χ2v) is 15.5. The topological polar surface area (TPSA) is 129 Å². The van der Waals surface area contributed by atoms with E-state index in [2.05, 4.69) is 10.3 Å². The fourth-order valence-electron chi connectivity index (χ4n) is 6.53. The van der Waals surface area contributed by atoms with E-state index in [1.807, 2.05) is 0 Å². The molecule has 3 aliphatic heterocycles. The Balaban J connectivity index is 1.21. The van der Waals surface area contributed by atoms with Gasteiger partial charge in [0, 0.05) is 49.1 Å². The first-order valence-corrected chi connectivity index (χ1v) is 18.4. The number of aryl methyl sites for hydroxylation is 2. The van der Waals surface area contributed by atoms with Crippen LogP contribution < -0.4 is 10.1 Å². The van der Waals surface area contributed by atoms with Crippen LogP contribution in [0.25, 0.3) is 6.08 Å². The van der Waals surface area contributed by atoms with Gasteiger partial charge >= 0.3 is 12.1 Å². The maximum absolute atomic E-state index is 14.4. The number of rotatable bonds is 11. The van der Waals surface area contributed by atoms with Gasteiger partial charge in [0.05, 0.1) is 12.2 Å². The molecule has 1 spiro atoms. The first kappa shape index (κ1) is 40.2. The van der Waals surface area contributed by atoms with Crippen LogP contribution in [0.4, 0.5) is 30.7 Å². The van der Waals surface area contributed by atoms with Crippen LogP contribution in [0.15, 0.2) is 40.7 Å². The van der Waals surface area contributed by atoms with Crippen LogP contribution >= 0.6 is 0 Å². The Bertz CT molecular complexity index is 1880. The third kappa shape index (κ3) is 8.70. The van der Waals surface area contributed by atoms with Crippen LogP contribution in [0.2, 0.25) is 0 Å². The minimum absolute atomic E-state index is 0.0153. The van der Waals surface area contributed by atoms with Gasteiger partial charge in [0.15, 0.2) is 11.6 Å². The zero-order valence-electron chi connectivity index (χ0n) is 28.9. The molecular weight excluding hydrogens is 737 g/mol. The number of halogens is 7. The zero-order chi connectivity index (χ0) is 39.0. The summed E-state index contributed by atoms with van der Waals surface area (Å²) in [6, 6.07) is 6.67. The predicted octanol–water partition coefficient (Wildman–Crippen LogP) is 5.45. The average Bonchev–Trinajstić information content (AvgIpc) is 3.41. The summed E-state index contributed by atoms with van der Waals surface area (Å²) in [5.41, 5.74) is -0.281. The summed E-state index contributed by atoms with van der Waals surface area (Å²) in [6.07, 6.45) is -6.25. The minimum atomic E-state index is -5.72. The molecule has 0 aliphatic carbocycles. The van der Waals surface area contributed by atoms with Gasteiger partial charge in [-0.2, -0.15) is 26.3 Å².